The lowest BCUT2D eigenvalue weighted by Crippen LogP contribution is -2.41. The van der Waals surface area contributed by atoms with E-state index >= 15 is 0 Å². The van der Waals surface area contributed by atoms with Gasteiger partial charge in [-0.1, -0.05) is 33.6 Å². The molecule has 3 atom stereocenters. The number of hydrogen-bond donors (Lipinski definition) is 1. The molecule has 2 nitrogen and oxygen atoms in total. The molecule has 0 amide bonds. The molecule has 0 aromatic carbocycles. The second kappa shape index (κ2) is 8.08. The number of ether oxygens (including phenoxy) is 1. The van der Waals surface area contributed by atoms with Crippen molar-refractivity contribution in [1.29, 1.82) is 0 Å². The van der Waals surface area contributed by atoms with Crippen LogP contribution < -0.4 is 5.32 Å². The van der Waals surface area contributed by atoms with Crippen LogP contribution in [0.5, 0.6) is 0 Å². The van der Waals surface area contributed by atoms with Crippen LogP contribution in [0.2, 0.25) is 0 Å². The first kappa shape index (κ1) is 14.0. The summed E-state index contributed by atoms with van der Waals surface area (Å²) in [7, 11) is 0. The Kier molecular flexibility index (Phi) is 7.06. The molecule has 0 bridgehead atoms. The highest BCUT2D eigenvalue weighted by Crippen LogP contribution is 2.33. The van der Waals surface area contributed by atoms with E-state index in [1.54, 1.807) is 0 Å². The fourth-order valence-corrected chi connectivity index (χ4v) is 2.79. The number of nitrogens with one attached hydrogen (secondary N) is 1. The molecule has 96 valence electrons. The largest absolute Gasteiger partial charge is 0.380 e. The normalized spacial score (nSPS) is 27.2. The third kappa shape index (κ3) is 4.42. The third-order valence-corrected chi connectivity index (χ3v) is 3.75. The first-order valence-electron chi connectivity index (χ1n) is 7.10. The van der Waals surface area contributed by atoms with Crippen LogP contribution in [0, 0.1) is 11.8 Å². The van der Waals surface area contributed by atoms with Crippen molar-refractivity contribution in [3.63, 3.8) is 0 Å². The summed E-state index contributed by atoms with van der Waals surface area (Å²) in [5.74, 6) is 1.71. The summed E-state index contributed by atoms with van der Waals surface area (Å²) in [6.45, 7) is 9.75. The highest BCUT2D eigenvalue weighted by molar-refractivity contribution is 4.84. The molecule has 0 aromatic heterocycles. The van der Waals surface area contributed by atoms with Crippen LogP contribution >= 0.6 is 0 Å². The first-order chi connectivity index (χ1) is 7.79. The van der Waals surface area contributed by atoms with Crippen molar-refractivity contribution in [3.8, 4) is 0 Å². The number of hydrogen-bond acceptors (Lipinski definition) is 2. The zero-order chi connectivity index (χ0) is 11.8. The Morgan fingerprint density at radius 3 is 2.62 bits per heavy atom. The molecular weight excluding hydrogens is 198 g/mol. The van der Waals surface area contributed by atoms with E-state index in [0.29, 0.717) is 6.04 Å². The molecule has 1 aliphatic rings. The number of rotatable bonds is 8. The van der Waals surface area contributed by atoms with Crippen molar-refractivity contribution in [3.05, 3.63) is 0 Å². The fourth-order valence-electron chi connectivity index (χ4n) is 2.79. The van der Waals surface area contributed by atoms with Crippen LogP contribution in [0.15, 0.2) is 0 Å². The smallest absolute Gasteiger partial charge is 0.0622 e. The Balaban J connectivity index is 2.35. The monoisotopic (exact) mass is 227 g/mol. The summed E-state index contributed by atoms with van der Waals surface area (Å²) in [6.07, 6.45) is 6.54. The van der Waals surface area contributed by atoms with Crippen molar-refractivity contribution in [1.82, 2.24) is 5.32 Å². The molecule has 1 fully saturated rings. The first-order valence-corrected chi connectivity index (χ1v) is 7.10. The maximum Gasteiger partial charge on any atom is 0.0622 e. The molecule has 1 saturated carbocycles. The van der Waals surface area contributed by atoms with E-state index in [4.69, 9.17) is 4.74 Å². The molecule has 0 saturated heterocycles. The summed E-state index contributed by atoms with van der Waals surface area (Å²) >= 11 is 0. The highest BCUT2D eigenvalue weighted by Gasteiger charge is 2.30. The van der Waals surface area contributed by atoms with Crippen LogP contribution in [0.25, 0.3) is 0 Å². The quantitative estimate of drug-likeness (QED) is 0.643. The molecule has 0 heterocycles. The molecule has 1 N–H and O–H groups in total. The van der Waals surface area contributed by atoms with Crippen molar-refractivity contribution in [2.45, 2.75) is 58.9 Å². The van der Waals surface area contributed by atoms with Gasteiger partial charge in [0.1, 0.15) is 0 Å². The predicted octanol–water partition coefficient (Wildman–Crippen LogP) is 3.22. The molecule has 0 aromatic rings. The van der Waals surface area contributed by atoms with E-state index in [0.717, 1.165) is 38.0 Å². The van der Waals surface area contributed by atoms with Gasteiger partial charge in [0, 0.05) is 12.6 Å². The topological polar surface area (TPSA) is 21.3 Å². The van der Waals surface area contributed by atoms with Crippen LogP contribution in [0.1, 0.15) is 52.9 Å². The summed E-state index contributed by atoms with van der Waals surface area (Å²) in [4.78, 5) is 0. The lowest BCUT2D eigenvalue weighted by molar-refractivity contribution is 0.0867. The summed E-state index contributed by atoms with van der Waals surface area (Å²) in [6, 6.07) is 0.587. The molecular formula is C14H29NO. The van der Waals surface area contributed by atoms with Crippen LogP contribution in [0.4, 0.5) is 0 Å². The van der Waals surface area contributed by atoms with E-state index in [9.17, 15) is 0 Å². The molecule has 0 aliphatic heterocycles. The van der Waals surface area contributed by atoms with Gasteiger partial charge < -0.3 is 10.1 Å². The van der Waals surface area contributed by atoms with Crippen molar-refractivity contribution in [2.75, 3.05) is 19.8 Å². The van der Waals surface area contributed by atoms with Gasteiger partial charge in [-0.2, -0.15) is 0 Å². The Morgan fingerprint density at radius 1 is 1.25 bits per heavy atom. The van der Waals surface area contributed by atoms with E-state index in [1.807, 2.05) is 0 Å². The van der Waals surface area contributed by atoms with Gasteiger partial charge in [0.05, 0.1) is 6.61 Å². The molecule has 1 aliphatic carbocycles. The molecule has 16 heavy (non-hydrogen) atoms. The van der Waals surface area contributed by atoms with Gasteiger partial charge in [-0.3, -0.25) is 0 Å². The highest BCUT2D eigenvalue weighted by atomic mass is 16.5. The van der Waals surface area contributed by atoms with Crippen molar-refractivity contribution < 1.29 is 4.74 Å². The SMILES string of the molecule is CCCNC(COCCC)C1CCCC1C. The van der Waals surface area contributed by atoms with Gasteiger partial charge >= 0.3 is 0 Å². The average Bonchev–Trinajstić information content (AvgIpc) is 2.70. The average molecular weight is 227 g/mol. The van der Waals surface area contributed by atoms with Gasteiger partial charge in [0.25, 0.3) is 0 Å². The van der Waals surface area contributed by atoms with Crippen molar-refractivity contribution >= 4 is 0 Å². The maximum atomic E-state index is 5.74. The lowest BCUT2D eigenvalue weighted by atomic mass is 9.90. The van der Waals surface area contributed by atoms with Gasteiger partial charge in [-0.25, -0.2) is 0 Å². The zero-order valence-electron chi connectivity index (χ0n) is 11.3. The van der Waals surface area contributed by atoms with Crippen molar-refractivity contribution in [2.24, 2.45) is 11.8 Å². The molecule has 1 rings (SSSR count). The Morgan fingerprint density at radius 2 is 2.06 bits per heavy atom. The Bertz CT molecular complexity index is 172. The second-order valence-corrected chi connectivity index (χ2v) is 5.21. The Labute approximate surface area is 101 Å². The van der Waals surface area contributed by atoms with Crippen LogP contribution in [-0.2, 0) is 4.74 Å². The van der Waals surface area contributed by atoms with E-state index in [-0.39, 0.29) is 0 Å². The van der Waals surface area contributed by atoms with E-state index in [2.05, 4.69) is 26.1 Å². The third-order valence-electron chi connectivity index (χ3n) is 3.75. The van der Waals surface area contributed by atoms with E-state index in [1.165, 1.54) is 25.7 Å². The zero-order valence-corrected chi connectivity index (χ0v) is 11.3. The second-order valence-electron chi connectivity index (χ2n) is 5.21. The lowest BCUT2D eigenvalue weighted by Gasteiger charge is -2.28. The van der Waals surface area contributed by atoms with Gasteiger partial charge in [-0.15, -0.1) is 0 Å². The predicted molar refractivity (Wildman–Crippen MR) is 69.7 cm³/mol. The molecule has 0 radical (unpaired) electrons. The van der Waals surface area contributed by atoms with Crippen LogP contribution in [-0.4, -0.2) is 25.8 Å². The molecule has 2 heteroatoms. The minimum absolute atomic E-state index is 0.587. The van der Waals surface area contributed by atoms with Gasteiger partial charge in [0.2, 0.25) is 0 Å². The fraction of sp³-hybridized carbons (Fsp3) is 1.00. The summed E-state index contributed by atoms with van der Waals surface area (Å²) < 4.78 is 5.74. The maximum absolute atomic E-state index is 5.74. The molecule has 0 spiro atoms. The molecule has 3 unspecified atom stereocenters. The van der Waals surface area contributed by atoms with E-state index < -0.39 is 0 Å². The summed E-state index contributed by atoms with van der Waals surface area (Å²) in [5, 5.41) is 3.68. The van der Waals surface area contributed by atoms with Gasteiger partial charge in [0.15, 0.2) is 0 Å². The standard InChI is InChI=1S/C14H29NO/c1-4-9-15-14(11-16-10-5-2)13-8-6-7-12(13)3/h12-15H,4-11H2,1-3H3. The Hall–Kier alpha value is -0.0800. The van der Waals surface area contributed by atoms with Crippen LogP contribution in [0.3, 0.4) is 0 Å². The minimum atomic E-state index is 0.587. The summed E-state index contributed by atoms with van der Waals surface area (Å²) in [5.41, 5.74) is 0. The van der Waals surface area contributed by atoms with Gasteiger partial charge in [-0.05, 0) is 37.6 Å². The minimum Gasteiger partial charge on any atom is -0.380 e.